The minimum absolute atomic E-state index is 1.04. The van der Waals surface area contributed by atoms with Crippen molar-refractivity contribution in [1.82, 2.24) is 0 Å². The standard InChI is InChI=1S/C48H36N2/c1-3-15-41(16-4-1)49(43-25-23-33-11-7-9-13-35(33)27-43)45-29-37-19-21-39-31-46(32-40-22-20-38(30-45)47(37)48(39)40)50(42-17-5-2-6-18-42)44-26-24-34-12-8-10-14-36(34)28-44/h1-18,23-32H,19-22H2. The topological polar surface area (TPSA) is 6.48 Å². The van der Waals surface area contributed by atoms with Crippen LogP contribution >= 0.6 is 0 Å². The number of rotatable bonds is 6. The third-order valence-corrected chi connectivity index (χ3v) is 10.7. The lowest BCUT2D eigenvalue weighted by Crippen LogP contribution is -2.18. The van der Waals surface area contributed by atoms with Gasteiger partial charge in [-0.2, -0.15) is 0 Å². The molecule has 0 aromatic heterocycles. The van der Waals surface area contributed by atoms with Crippen LogP contribution in [0.1, 0.15) is 22.3 Å². The molecule has 2 heteroatoms. The fraction of sp³-hybridized carbons (Fsp3) is 0.0833. The van der Waals surface area contributed by atoms with Crippen LogP contribution in [0.2, 0.25) is 0 Å². The van der Waals surface area contributed by atoms with E-state index in [1.54, 1.807) is 0 Å². The summed E-state index contributed by atoms with van der Waals surface area (Å²) in [5.41, 5.74) is 16.1. The molecule has 0 aliphatic heterocycles. The molecule has 2 nitrogen and oxygen atoms in total. The highest BCUT2D eigenvalue weighted by Crippen LogP contribution is 2.49. The Hall–Kier alpha value is -6.12. The molecule has 10 rings (SSSR count). The molecule has 0 unspecified atom stereocenters. The first-order valence-electron chi connectivity index (χ1n) is 17.8. The zero-order valence-corrected chi connectivity index (χ0v) is 27.9. The van der Waals surface area contributed by atoms with Crippen LogP contribution in [0.15, 0.2) is 170 Å². The van der Waals surface area contributed by atoms with E-state index in [9.17, 15) is 0 Å². The minimum atomic E-state index is 1.04. The third-order valence-electron chi connectivity index (χ3n) is 10.7. The van der Waals surface area contributed by atoms with E-state index in [-0.39, 0.29) is 0 Å². The normalized spacial score (nSPS) is 12.9. The Morgan fingerprint density at radius 1 is 0.260 bits per heavy atom. The average molecular weight is 641 g/mol. The Morgan fingerprint density at radius 2 is 0.600 bits per heavy atom. The minimum Gasteiger partial charge on any atom is -0.310 e. The van der Waals surface area contributed by atoms with Crippen molar-refractivity contribution in [2.24, 2.45) is 0 Å². The van der Waals surface area contributed by atoms with E-state index in [4.69, 9.17) is 0 Å². The van der Waals surface area contributed by atoms with Crippen molar-refractivity contribution in [3.05, 3.63) is 192 Å². The number of fused-ring (bicyclic) bond motifs is 2. The van der Waals surface area contributed by atoms with Gasteiger partial charge in [-0.25, -0.2) is 0 Å². The summed E-state index contributed by atoms with van der Waals surface area (Å²) >= 11 is 0. The molecule has 2 aliphatic carbocycles. The Labute approximate surface area is 293 Å². The SMILES string of the molecule is c1ccc(N(c2cc3c4c(c2)CCc2cc(N(c5ccccc5)c5ccc6ccccc6c5)cc(c2-4)CC3)c2ccc3ccccc3c2)cc1. The summed E-state index contributed by atoms with van der Waals surface area (Å²) in [4.78, 5) is 4.89. The quantitative estimate of drug-likeness (QED) is 0.178. The second-order valence-corrected chi connectivity index (χ2v) is 13.7. The summed E-state index contributed by atoms with van der Waals surface area (Å²) < 4.78 is 0. The second-order valence-electron chi connectivity index (χ2n) is 13.7. The fourth-order valence-electron chi connectivity index (χ4n) is 8.41. The van der Waals surface area contributed by atoms with Gasteiger partial charge in [0.15, 0.2) is 0 Å². The molecule has 0 N–H and O–H groups in total. The molecule has 0 saturated heterocycles. The Balaban J connectivity index is 1.10. The molecular weight excluding hydrogens is 605 g/mol. The Morgan fingerprint density at radius 3 is 0.980 bits per heavy atom. The van der Waals surface area contributed by atoms with Gasteiger partial charge >= 0.3 is 0 Å². The highest BCUT2D eigenvalue weighted by atomic mass is 15.1. The summed E-state index contributed by atoms with van der Waals surface area (Å²) in [5.74, 6) is 0. The lowest BCUT2D eigenvalue weighted by Gasteiger charge is -2.34. The van der Waals surface area contributed by atoms with Crippen molar-refractivity contribution in [2.45, 2.75) is 25.7 Å². The van der Waals surface area contributed by atoms with Gasteiger partial charge in [-0.05, 0) is 153 Å². The van der Waals surface area contributed by atoms with Crippen LogP contribution in [0.25, 0.3) is 32.7 Å². The molecule has 0 amide bonds. The maximum atomic E-state index is 2.47. The first-order chi connectivity index (χ1) is 24.8. The molecule has 0 heterocycles. The van der Waals surface area contributed by atoms with Gasteiger partial charge < -0.3 is 9.80 Å². The van der Waals surface area contributed by atoms with Crippen LogP contribution in [0.3, 0.4) is 0 Å². The molecule has 0 bridgehead atoms. The van der Waals surface area contributed by atoms with E-state index >= 15 is 0 Å². The summed E-state index contributed by atoms with van der Waals surface area (Å²) in [5, 5.41) is 5.04. The number of hydrogen-bond donors (Lipinski definition) is 0. The number of aryl methyl sites for hydroxylation is 4. The molecule has 0 fully saturated rings. The predicted octanol–water partition coefficient (Wildman–Crippen LogP) is 12.8. The molecule has 2 aliphatic rings. The molecule has 0 saturated carbocycles. The van der Waals surface area contributed by atoms with Crippen molar-refractivity contribution in [3.8, 4) is 11.1 Å². The van der Waals surface area contributed by atoms with Gasteiger partial charge in [0.05, 0.1) is 0 Å². The average Bonchev–Trinajstić information content (AvgIpc) is 3.18. The number of hydrogen-bond acceptors (Lipinski definition) is 2. The maximum Gasteiger partial charge on any atom is 0.0468 e. The van der Waals surface area contributed by atoms with Crippen molar-refractivity contribution in [3.63, 3.8) is 0 Å². The van der Waals surface area contributed by atoms with Gasteiger partial charge in [0.2, 0.25) is 0 Å². The number of para-hydroxylation sites is 2. The van der Waals surface area contributed by atoms with Crippen LogP contribution in [0.5, 0.6) is 0 Å². The number of nitrogens with zero attached hydrogens (tertiary/aromatic N) is 2. The molecular formula is C48H36N2. The molecule has 0 radical (unpaired) electrons. The first-order valence-corrected chi connectivity index (χ1v) is 17.8. The molecule has 8 aromatic carbocycles. The predicted molar refractivity (Wildman–Crippen MR) is 211 cm³/mol. The lowest BCUT2D eigenvalue weighted by molar-refractivity contribution is 0.875. The highest BCUT2D eigenvalue weighted by Gasteiger charge is 2.29. The van der Waals surface area contributed by atoms with E-state index in [1.165, 1.54) is 89.0 Å². The van der Waals surface area contributed by atoms with E-state index < -0.39 is 0 Å². The van der Waals surface area contributed by atoms with Crippen LogP contribution in [0, 0.1) is 0 Å². The second kappa shape index (κ2) is 11.8. The molecule has 238 valence electrons. The summed E-state index contributed by atoms with van der Waals surface area (Å²) in [6, 6.07) is 62.5. The van der Waals surface area contributed by atoms with Gasteiger partial charge in [-0.3, -0.25) is 0 Å². The Kier molecular flexibility index (Phi) is 6.80. The number of anilines is 6. The summed E-state index contributed by atoms with van der Waals surface area (Å²) in [6.07, 6.45) is 4.14. The van der Waals surface area contributed by atoms with E-state index in [2.05, 4.69) is 180 Å². The highest BCUT2D eigenvalue weighted by molar-refractivity contribution is 5.93. The summed E-state index contributed by atoms with van der Waals surface area (Å²) in [7, 11) is 0. The molecule has 8 aromatic rings. The number of benzene rings is 8. The van der Waals surface area contributed by atoms with Crippen molar-refractivity contribution in [2.75, 3.05) is 9.80 Å². The van der Waals surface area contributed by atoms with Crippen LogP contribution < -0.4 is 9.80 Å². The summed E-state index contributed by atoms with van der Waals surface area (Å²) in [6.45, 7) is 0. The van der Waals surface area contributed by atoms with Gasteiger partial charge in [-0.15, -0.1) is 0 Å². The maximum absolute atomic E-state index is 2.47. The van der Waals surface area contributed by atoms with Crippen molar-refractivity contribution < 1.29 is 0 Å². The monoisotopic (exact) mass is 640 g/mol. The van der Waals surface area contributed by atoms with E-state index in [0.717, 1.165) is 25.7 Å². The van der Waals surface area contributed by atoms with Crippen LogP contribution in [-0.4, -0.2) is 0 Å². The van der Waals surface area contributed by atoms with Crippen LogP contribution in [-0.2, 0) is 25.7 Å². The van der Waals surface area contributed by atoms with E-state index in [0.29, 0.717) is 0 Å². The smallest absolute Gasteiger partial charge is 0.0468 e. The lowest BCUT2D eigenvalue weighted by atomic mass is 9.75. The molecule has 0 atom stereocenters. The van der Waals surface area contributed by atoms with Crippen molar-refractivity contribution >= 4 is 55.7 Å². The fourth-order valence-corrected chi connectivity index (χ4v) is 8.41. The van der Waals surface area contributed by atoms with Gasteiger partial charge in [0.1, 0.15) is 0 Å². The van der Waals surface area contributed by atoms with E-state index in [1.807, 2.05) is 0 Å². The first kappa shape index (κ1) is 28.9. The molecule has 50 heavy (non-hydrogen) atoms. The van der Waals surface area contributed by atoms with Crippen molar-refractivity contribution in [1.29, 1.82) is 0 Å². The molecule has 0 spiro atoms. The zero-order chi connectivity index (χ0) is 33.0. The third kappa shape index (κ3) is 4.87. The van der Waals surface area contributed by atoms with Gasteiger partial charge in [0.25, 0.3) is 0 Å². The van der Waals surface area contributed by atoms with Gasteiger partial charge in [-0.1, -0.05) is 97.1 Å². The Bertz CT molecular complexity index is 2320. The van der Waals surface area contributed by atoms with Gasteiger partial charge in [0, 0.05) is 34.1 Å². The largest absolute Gasteiger partial charge is 0.310 e. The zero-order valence-electron chi connectivity index (χ0n) is 27.9. The van der Waals surface area contributed by atoms with Crippen LogP contribution in [0.4, 0.5) is 34.1 Å².